The topological polar surface area (TPSA) is 72.2 Å². The Kier molecular flexibility index (Phi) is 3.38. The predicted molar refractivity (Wildman–Crippen MR) is 70.6 cm³/mol. The summed E-state index contributed by atoms with van der Waals surface area (Å²) in [4.78, 5) is 22.4. The average Bonchev–Trinajstić information content (AvgIpc) is 2.39. The normalized spacial score (nSPS) is 9.78. The van der Waals surface area contributed by atoms with Crippen LogP contribution in [0.4, 0.5) is 11.4 Å². The van der Waals surface area contributed by atoms with Crippen LogP contribution in [0, 0.1) is 0 Å². The quantitative estimate of drug-likeness (QED) is 0.638. The molecule has 2 aromatic carbocycles. The van der Waals surface area contributed by atoms with Crippen LogP contribution in [0.3, 0.4) is 0 Å². The van der Waals surface area contributed by atoms with Gasteiger partial charge in [-0.05, 0) is 30.3 Å². The summed E-state index contributed by atoms with van der Waals surface area (Å²) in [5.74, 6) is -0.238. The zero-order valence-corrected chi connectivity index (χ0v) is 9.59. The Morgan fingerprint density at radius 1 is 1.11 bits per heavy atom. The molecular formula is C14H12N2O2. The van der Waals surface area contributed by atoms with E-state index in [9.17, 15) is 9.59 Å². The molecule has 0 unspecified atom stereocenters. The molecule has 2 rings (SSSR count). The summed E-state index contributed by atoms with van der Waals surface area (Å²) in [6.45, 7) is 0. The first-order valence-corrected chi connectivity index (χ1v) is 5.41. The van der Waals surface area contributed by atoms with Crippen molar-refractivity contribution in [2.45, 2.75) is 0 Å². The summed E-state index contributed by atoms with van der Waals surface area (Å²) in [5.41, 5.74) is 7.87. The lowest BCUT2D eigenvalue weighted by molar-refractivity contribution is 0.102. The molecule has 3 N–H and O–H groups in total. The van der Waals surface area contributed by atoms with E-state index < -0.39 is 0 Å². The molecule has 0 saturated carbocycles. The highest BCUT2D eigenvalue weighted by Gasteiger charge is 2.05. The number of hydrogen-bond acceptors (Lipinski definition) is 3. The molecule has 0 radical (unpaired) electrons. The number of nitrogens with one attached hydrogen (secondary N) is 1. The highest BCUT2D eigenvalue weighted by atomic mass is 16.1. The molecule has 1 amide bonds. The average molecular weight is 240 g/mol. The molecule has 0 aliphatic rings. The van der Waals surface area contributed by atoms with Crippen LogP contribution in [0.25, 0.3) is 0 Å². The van der Waals surface area contributed by atoms with Crippen molar-refractivity contribution in [3.05, 3.63) is 59.7 Å². The number of amides is 1. The zero-order valence-electron chi connectivity index (χ0n) is 9.59. The van der Waals surface area contributed by atoms with E-state index in [4.69, 9.17) is 5.73 Å². The minimum absolute atomic E-state index is 0.238. The molecule has 0 aromatic heterocycles. The van der Waals surface area contributed by atoms with E-state index in [1.165, 1.54) is 0 Å². The van der Waals surface area contributed by atoms with Crippen LogP contribution in [0.2, 0.25) is 0 Å². The van der Waals surface area contributed by atoms with Crippen molar-refractivity contribution in [1.29, 1.82) is 0 Å². The van der Waals surface area contributed by atoms with Crippen LogP contribution in [0.5, 0.6) is 0 Å². The Balaban J connectivity index is 2.14. The number of carbonyl (C=O) groups excluding carboxylic acids is 2. The number of nitrogens with two attached hydrogens (primary N) is 1. The summed E-state index contributed by atoms with van der Waals surface area (Å²) < 4.78 is 0. The molecule has 0 aliphatic carbocycles. The Labute approximate surface area is 104 Å². The number of benzene rings is 2. The lowest BCUT2D eigenvalue weighted by atomic mass is 10.1. The maximum absolute atomic E-state index is 11.9. The molecule has 0 bridgehead atoms. The maximum Gasteiger partial charge on any atom is 0.255 e. The first-order chi connectivity index (χ1) is 8.69. The van der Waals surface area contributed by atoms with Crippen molar-refractivity contribution in [2.75, 3.05) is 11.1 Å². The molecule has 0 spiro atoms. The van der Waals surface area contributed by atoms with Crippen molar-refractivity contribution in [3.8, 4) is 0 Å². The number of anilines is 2. The smallest absolute Gasteiger partial charge is 0.255 e. The van der Waals surface area contributed by atoms with Crippen LogP contribution < -0.4 is 11.1 Å². The largest absolute Gasteiger partial charge is 0.399 e. The van der Waals surface area contributed by atoms with E-state index >= 15 is 0 Å². The Morgan fingerprint density at radius 2 is 1.83 bits per heavy atom. The molecule has 0 atom stereocenters. The Hall–Kier alpha value is -2.62. The predicted octanol–water partition coefficient (Wildman–Crippen LogP) is 2.33. The summed E-state index contributed by atoms with van der Waals surface area (Å²) in [6.07, 6.45) is 0.736. The minimum atomic E-state index is -0.238. The molecule has 4 heteroatoms. The summed E-state index contributed by atoms with van der Waals surface area (Å²) in [5, 5.41) is 2.73. The van der Waals surface area contributed by atoms with Crippen LogP contribution >= 0.6 is 0 Å². The number of rotatable bonds is 3. The van der Waals surface area contributed by atoms with Gasteiger partial charge in [-0.25, -0.2) is 0 Å². The number of carbonyl (C=O) groups is 2. The van der Waals surface area contributed by atoms with Gasteiger partial charge in [0, 0.05) is 22.5 Å². The van der Waals surface area contributed by atoms with Gasteiger partial charge in [0.15, 0.2) is 0 Å². The molecule has 18 heavy (non-hydrogen) atoms. The molecular weight excluding hydrogens is 228 g/mol. The van der Waals surface area contributed by atoms with E-state index in [0.29, 0.717) is 22.5 Å². The highest BCUT2D eigenvalue weighted by Crippen LogP contribution is 2.13. The van der Waals surface area contributed by atoms with E-state index in [0.717, 1.165) is 6.29 Å². The number of nitrogen functional groups attached to an aromatic ring is 1. The third kappa shape index (κ3) is 2.74. The van der Waals surface area contributed by atoms with Gasteiger partial charge in [-0.2, -0.15) is 0 Å². The van der Waals surface area contributed by atoms with E-state index in [1.54, 1.807) is 48.5 Å². The zero-order chi connectivity index (χ0) is 13.0. The number of hydrogen-bond donors (Lipinski definition) is 2. The van der Waals surface area contributed by atoms with Gasteiger partial charge in [0.2, 0.25) is 0 Å². The van der Waals surface area contributed by atoms with E-state index in [1.807, 2.05) is 0 Å². The van der Waals surface area contributed by atoms with E-state index in [-0.39, 0.29) is 5.91 Å². The molecule has 0 heterocycles. The molecule has 90 valence electrons. The monoisotopic (exact) mass is 240 g/mol. The molecule has 2 aromatic rings. The molecule has 4 nitrogen and oxygen atoms in total. The van der Waals surface area contributed by atoms with Crippen LogP contribution in [-0.2, 0) is 0 Å². The summed E-state index contributed by atoms with van der Waals surface area (Å²) in [7, 11) is 0. The molecule has 0 saturated heterocycles. The van der Waals surface area contributed by atoms with Crippen molar-refractivity contribution in [1.82, 2.24) is 0 Å². The van der Waals surface area contributed by atoms with Crippen LogP contribution in [0.1, 0.15) is 20.7 Å². The van der Waals surface area contributed by atoms with Gasteiger partial charge in [0.05, 0.1) is 0 Å². The third-order valence-electron chi connectivity index (χ3n) is 2.45. The van der Waals surface area contributed by atoms with Gasteiger partial charge in [0.1, 0.15) is 6.29 Å². The van der Waals surface area contributed by atoms with Crippen LogP contribution in [0.15, 0.2) is 48.5 Å². The maximum atomic E-state index is 11.9. The molecule has 0 fully saturated rings. The first-order valence-electron chi connectivity index (χ1n) is 5.41. The Morgan fingerprint density at radius 3 is 2.44 bits per heavy atom. The van der Waals surface area contributed by atoms with Gasteiger partial charge in [0.25, 0.3) is 5.91 Å². The lowest BCUT2D eigenvalue weighted by Crippen LogP contribution is -2.11. The van der Waals surface area contributed by atoms with Crippen molar-refractivity contribution in [2.24, 2.45) is 0 Å². The van der Waals surface area contributed by atoms with Crippen LogP contribution in [-0.4, -0.2) is 12.2 Å². The van der Waals surface area contributed by atoms with Gasteiger partial charge >= 0.3 is 0 Å². The summed E-state index contributed by atoms with van der Waals surface area (Å²) >= 11 is 0. The fraction of sp³-hybridized carbons (Fsp3) is 0. The second-order valence-corrected chi connectivity index (χ2v) is 3.82. The number of aldehydes is 1. The fourth-order valence-electron chi connectivity index (χ4n) is 1.53. The second kappa shape index (κ2) is 5.14. The Bertz CT molecular complexity index is 577. The van der Waals surface area contributed by atoms with Gasteiger partial charge in [-0.1, -0.05) is 18.2 Å². The first kappa shape index (κ1) is 11.9. The van der Waals surface area contributed by atoms with Gasteiger partial charge in [-0.15, -0.1) is 0 Å². The standard InChI is InChI=1S/C14H12N2O2/c15-12-2-1-3-13(8-12)16-14(18)11-6-4-10(9-17)5-7-11/h1-9H,15H2,(H,16,18). The second-order valence-electron chi connectivity index (χ2n) is 3.82. The fourth-order valence-corrected chi connectivity index (χ4v) is 1.53. The van der Waals surface area contributed by atoms with Gasteiger partial charge in [-0.3, -0.25) is 9.59 Å². The lowest BCUT2D eigenvalue weighted by Gasteiger charge is -2.05. The van der Waals surface area contributed by atoms with Gasteiger partial charge < -0.3 is 11.1 Å². The summed E-state index contributed by atoms with van der Waals surface area (Å²) in [6, 6.07) is 13.3. The highest BCUT2D eigenvalue weighted by molar-refractivity contribution is 6.04. The third-order valence-corrected chi connectivity index (χ3v) is 2.45. The SMILES string of the molecule is Nc1cccc(NC(=O)c2ccc(C=O)cc2)c1. The van der Waals surface area contributed by atoms with Crippen molar-refractivity contribution < 1.29 is 9.59 Å². The minimum Gasteiger partial charge on any atom is -0.399 e. The van der Waals surface area contributed by atoms with E-state index in [2.05, 4.69) is 5.32 Å². The molecule has 0 aliphatic heterocycles. The van der Waals surface area contributed by atoms with Crippen molar-refractivity contribution >= 4 is 23.6 Å². The van der Waals surface area contributed by atoms with Crippen molar-refractivity contribution in [3.63, 3.8) is 0 Å².